The Kier molecular flexibility index (Phi) is 4.46. The molecule has 2 heterocycles. The zero-order valence-electron chi connectivity index (χ0n) is 13.0. The molecule has 0 spiro atoms. The predicted molar refractivity (Wildman–Crippen MR) is 81.7 cm³/mol. The van der Waals surface area contributed by atoms with E-state index in [0.29, 0.717) is 6.04 Å². The fourth-order valence-corrected chi connectivity index (χ4v) is 3.13. The molecule has 0 unspecified atom stereocenters. The van der Waals surface area contributed by atoms with Crippen LogP contribution >= 0.6 is 0 Å². The summed E-state index contributed by atoms with van der Waals surface area (Å²) in [7, 11) is 4.10. The van der Waals surface area contributed by atoms with Crippen molar-refractivity contribution in [1.29, 1.82) is 0 Å². The fraction of sp³-hybridized carbons (Fsp3) is 0.688. The molecule has 0 N–H and O–H groups in total. The molecule has 0 bridgehead atoms. The topological polar surface area (TPSA) is 19.4 Å². The summed E-state index contributed by atoms with van der Waals surface area (Å²) >= 11 is 0. The molecule has 0 aromatic carbocycles. The number of likely N-dealkylation sites (tertiary alicyclic amines) is 1. The number of anilines is 1. The van der Waals surface area contributed by atoms with Gasteiger partial charge in [0.05, 0.1) is 0 Å². The number of aromatic nitrogens is 1. The summed E-state index contributed by atoms with van der Waals surface area (Å²) in [5, 5.41) is 0. The van der Waals surface area contributed by atoms with Gasteiger partial charge in [-0.05, 0) is 49.4 Å². The first-order valence-corrected chi connectivity index (χ1v) is 7.37. The van der Waals surface area contributed by atoms with Crippen LogP contribution in [0.2, 0.25) is 0 Å². The van der Waals surface area contributed by atoms with Crippen LogP contribution in [0.3, 0.4) is 0 Å². The first kappa shape index (κ1) is 14.3. The molecule has 1 atom stereocenters. The highest BCUT2D eigenvalue weighted by atomic mass is 15.2. The van der Waals surface area contributed by atoms with E-state index < -0.39 is 0 Å². The molecule has 1 saturated heterocycles. The van der Waals surface area contributed by atoms with Gasteiger partial charge in [-0.15, -0.1) is 0 Å². The number of aryl methyl sites for hydroxylation is 1. The Hall–Kier alpha value is -1.09. The van der Waals surface area contributed by atoms with E-state index in [1.807, 2.05) is 0 Å². The standard InChI is InChI=1S/C16H27N3/c1-12(2)11-19-8-6-7-15(19)14-9-13(3)16(17-10-14)18(4)5/h9-10,12,15H,6-8,11H2,1-5H3/t15-/m0/s1. The van der Waals surface area contributed by atoms with Crippen molar-refractivity contribution in [3.05, 3.63) is 23.4 Å². The van der Waals surface area contributed by atoms with Gasteiger partial charge < -0.3 is 4.90 Å². The number of rotatable bonds is 4. The molecule has 1 aliphatic heterocycles. The van der Waals surface area contributed by atoms with E-state index in [2.05, 4.69) is 61.9 Å². The molecule has 1 aliphatic rings. The summed E-state index contributed by atoms with van der Waals surface area (Å²) < 4.78 is 0. The monoisotopic (exact) mass is 261 g/mol. The van der Waals surface area contributed by atoms with E-state index in [1.165, 1.54) is 37.1 Å². The summed E-state index contributed by atoms with van der Waals surface area (Å²) in [6, 6.07) is 2.90. The van der Waals surface area contributed by atoms with Crippen LogP contribution in [0.5, 0.6) is 0 Å². The highest BCUT2D eigenvalue weighted by Crippen LogP contribution is 2.33. The minimum absolute atomic E-state index is 0.574. The quantitative estimate of drug-likeness (QED) is 0.829. The molecule has 0 amide bonds. The maximum absolute atomic E-state index is 4.64. The van der Waals surface area contributed by atoms with Crippen molar-refractivity contribution in [3.8, 4) is 0 Å². The van der Waals surface area contributed by atoms with Gasteiger partial charge in [0.1, 0.15) is 5.82 Å². The van der Waals surface area contributed by atoms with Crippen molar-refractivity contribution < 1.29 is 0 Å². The minimum Gasteiger partial charge on any atom is -0.363 e. The van der Waals surface area contributed by atoms with Crippen LogP contribution in [-0.4, -0.2) is 37.1 Å². The van der Waals surface area contributed by atoms with Gasteiger partial charge in [0.25, 0.3) is 0 Å². The van der Waals surface area contributed by atoms with E-state index >= 15 is 0 Å². The van der Waals surface area contributed by atoms with Crippen LogP contribution in [0.1, 0.15) is 43.9 Å². The van der Waals surface area contributed by atoms with Gasteiger partial charge in [-0.2, -0.15) is 0 Å². The Bertz CT molecular complexity index is 426. The van der Waals surface area contributed by atoms with E-state index in [9.17, 15) is 0 Å². The maximum Gasteiger partial charge on any atom is 0.130 e. The average molecular weight is 261 g/mol. The summed E-state index contributed by atoms with van der Waals surface area (Å²) in [5.74, 6) is 1.81. The van der Waals surface area contributed by atoms with Gasteiger partial charge in [0.2, 0.25) is 0 Å². The predicted octanol–water partition coefficient (Wildman–Crippen LogP) is 3.25. The van der Waals surface area contributed by atoms with E-state index in [0.717, 1.165) is 11.7 Å². The van der Waals surface area contributed by atoms with Crippen molar-refractivity contribution in [3.63, 3.8) is 0 Å². The van der Waals surface area contributed by atoms with Crippen LogP contribution in [0.15, 0.2) is 12.3 Å². The summed E-state index contributed by atoms with van der Waals surface area (Å²) in [6.07, 6.45) is 4.66. The summed E-state index contributed by atoms with van der Waals surface area (Å²) in [4.78, 5) is 9.34. The molecule has 1 aromatic rings. The minimum atomic E-state index is 0.574. The van der Waals surface area contributed by atoms with Gasteiger partial charge in [-0.3, -0.25) is 4.90 Å². The molecule has 2 rings (SSSR count). The average Bonchev–Trinajstić information content (AvgIpc) is 2.75. The van der Waals surface area contributed by atoms with Crippen LogP contribution < -0.4 is 4.90 Å². The third-order valence-corrected chi connectivity index (χ3v) is 3.84. The molecule has 1 aromatic heterocycles. The number of hydrogen-bond acceptors (Lipinski definition) is 3. The van der Waals surface area contributed by atoms with Gasteiger partial charge >= 0.3 is 0 Å². The number of pyridine rings is 1. The van der Waals surface area contributed by atoms with Gasteiger partial charge in [-0.1, -0.05) is 13.8 Å². The number of nitrogens with zero attached hydrogens (tertiary/aromatic N) is 3. The van der Waals surface area contributed by atoms with Gasteiger partial charge in [0, 0.05) is 32.9 Å². The molecule has 3 nitrogen and oxygen atoms in total. The first-order chi connectivity index (χ1) is 8.99. The van der Waals surface area contributed by atoms with Gasteiger partial charge in [-0.25, -0.2) is 4.98 Å². The fourth-order valence-electron chi connectivity index (χ4n) is 3.13. The zero-order chi connectivity index (χ0) is 14.0. The van der Waals surface area contributed by atoms with Crippen LogP contribution in [0.25, 0.3) is 0 Å². The lowest BCUT2D eigenvalue weighted by Crippen LogP contribution is -2.27. The second-order valence-corrected chi connectivity index (χ2v) is 6.35. The second kappa shape index (κ2) is 5.91. The Morgan fingerprint density at radius 1 is 1.42 bits per heavy atom. The Morgan fingerprint density at radius 3 is 2.74 bits per heavy atom. The Labute approximate surface area is 117 Å². The van der Waals surface area contributed by atoms with E-state index in [1.54, 1.807) is 0 Å². The molecule has 0 radical (unpaired) electrons. The van der Waals surface area contributed by atoms with Gasteiger partial charge in [0.15, 0.2) is 0 Å². The SMILES string of the molecule is Cc1cc([C@@H]2CCCN2CC(C)C)cnc1N(C)C. The Balaban J connectivity index is 2.19. The lowest BCUT2D eigenvalue weighted by atomic mass is 10.0. The lowest BCUT2D eigenvalue weighted by Gasteiger charge is -2.27. The first-order valence-electron chi connectivity index (χ1n) is 7.37. The third-order valence-electron chi connectivity index (χ3n) is 3.84. The van der Waals surface area contributed by atoms with E-state index in [4.69, 9.17) is 0 Å². The van der Waals surface area contributed by atoms with Crippen molar-refractivity contribution in [1.82, 2.24) is 9.88 Å². The Morgan fingerprint density at radius 2 is 2.16 bits per heavy atom. The molecule has 0 aliphatic carbocycles. The molecular weight excluding hydrogens is 234 g/mol. The van der Waals surface area contributed by atoms with Crippen molar-refractivity contribution in [2.45, 2.75) is 39.7 Å². The molecule has 1 fully saturated rings. The van der Waals surface area contributed by atoms with Crippen molar-refractivity contribution in [2.24, 2.45) is 5.92 Å². The number of hydrogen-bond donors (Lipinski definition) is 0. The molecule has 19 heavy (non-hydrogen) atoms. The maximum atomic E-state index is 4.64. The zero-order valence-corrected chi connectivity index (χ0v) is 13.0. The van der Waals surface area contributed by atoms with Crippen LogP contribution in [-0.2, 0) is 0 Å². The highest BCUT2D eigenvalue weighted by molar-refractivity contribution is 5.46. The molecule has 0 saturated carbocycles. The van der Waals surface area contributed by atoms with Crippen LogP contribution in [0.4, 0.5) is 5.82 Å². The smallest absolute Gasteiger partial charge is 0.130 e. The van der Waals surface area contributed by atoms with Crippen LogP contribution in [0, 0.1) is 12.8 Å². The highest BCUT2D eigenvalue weighted by Gasteiger charge is 2.26. The second-order valence-electron chi connectivity index (χ2n) is 6.35. The van der Waals surface area contributed by atoms with E-state index in [-0.39, 0.29) is 0 Å². The summed E-state index contributed by atoms with van der Waals surface area (Å²) in [5.41, 5.74) is 2.67. The molecule has 3 heteroatoms. The molecule has 106 valence electrons. The molecular formula is C16H27N3. The lowest BCUT2D eigenvalue weighted by molar-refractivity contribution is 0.228. The normalized spacial score (nSPS) is 20.2. The van der Waals surface area contributed by atoms with Crippen molar-refractivity contribution in [2.75, 3.05) is 32.1 Å². The third kappa shape index (κ3) is 3.27. The largest absolute Gasteiger partial charge is 0.363 e. The summed E-state index contributed by atoms with van der Waals surface area (Å²) in [6.45, 7) is 9.19. The van der Waals surface area contributed by atoms with Crippen molar-refractivity contribution >= 4 is 5.82 Å².